The Hall–Kier alpha value is -1.33. The molecular weight excluding hydrogens is 327 g/mol. The van der Waals surface area contributed by atoms with E-state index in [1.54, 1.807) is 23.9 Å². The van der Waals surface area contributed by atoms with Crippen LogP contribution in [0.25, 0.3) is 0 Å². The second kappa shape index (κ2) is 6.21. The van der Waals surface area contributed by atoms with Crippen LogP contribution in [0.1, 0.15) is 11.1 Å². The lowest BCUT2D eigenvalue weighted by molar-refractivity contribution is 0.617. The van der Waals surface area contributed by atoms with Crippen molar-refractivity contribution in [2.75, 3.05) is 0 Å². The van der Waals surface area contributed by atoms with Crippen molar-refractivity contribution in [2.24, 2.45) is 5.73 Å². The Labute approximate surface area is 123 Å². The highest BCUT2D eigenvalue weighted by Crippen LogP contribution is 2.26. The summed E-state index contributed by atoms with van der Waals surface area (Å²) in [6.07, 6.45) is 0. The van der Waals surface area contributed by atoms with Crippen LogP contribution < -0.4 is 5.73 Å². The molecule has 0 bridgehead atoms. The Morgan fingerprint density at radius 1 is 1.26 bits per heavy atom. The van der Waals surface area contributed by atoms with Gasteiger partial charge in [-0.15, -0.1) is 11.8 Å². The number of thioether (sulfide) groups is 1. The van der Waals surface area contributed by atoms with Gasteiger partial charge in [0.05, 0.1) is 0 Å². The summed E-state index contributed by atoms with van der Waals surface area (Å²) in [7, 11) is 0. The first-order valence-corrected chi connectivity index (χ1v) is 7.35. The molecule has 0 fully saturated rings. The normalized spacial score (nSPS) is 10.4. The molecule has 0 heterocycles. The summed E-state index contributed by atoms with van der Waals surface area (Å²) in [5, 5.41) is 7.26. The molecule has 0 saturated heterocycles. The second-order valence-electron chi connectivity index (χ2n) is 3.97. The number of nitrogens with one attached hydrogen (secondary N) is 1. The molecule has 0 radical (unpaired) electrons. The molecule has 2 aromatic rings. The van der Waals surface area contributed by atoms with Crippen LogP contribution in [0.4, 0.5) is 4.39 Å². The van der Waals surface area contributed by atoms with Crippen molar-refractivity contribution in [1.82, 2.24) is 0 Å². The molecule has 2 nitrogen and oxygen atoms in total. The van der Waals surface area contributed by atoms with Gasteiger partial charge in [-0.2, -0.15) is 0 Å². The zero-order valence-corrected chi connectivity index (χ0v) is 12.4. The number of hydrogen-bond donors (Lipinski definition) is 2. The first-order chi connectivity index (χ1) is 9.06. The fraction of sp³-hybridized carbons (Fsp3) is 0.0714. The lowest BCUT2D eigenvalue weighted by Gasteiger charge is -2.06. The van der Waals surface area contributed by atoms with Crippen molar-refractivity contribution in [3.63, 3.8) is 0 Å². The van der Waals surface area contributed by atoms with Crippen molar-refractivity contribution < 1.29 is 4.39 Å². The maximum absolute atomic E-state index is 13.8. The predicted molar refractivity (Wildman–Crippen MR) is 81.1 cm³/mol. The number of benzene rings is 2. The molecule has 0 aliphatic carbocycles. The summed E-state index contributed by atoms with van der Waals surface area (Å²) < 4.78 is 14.8. The van der Waals surface area contributed by atoms with Gasteiger partial charge in [-0.1, -0.05) is 34.1 Å². The van der Waals surface area contributed by atoms with E-state index in [-0.39, 0.29) is 11.7 Å². The summed E-state index contributed by atoms with van der Waals surface area (Å²) in [4.78, 5) is 1.07. The number of nitrogens with two attached hydrogens (primary N) is 1. The van der Waals surface area contributed by atoms with Crippen molar-refractivity contribution in [3.05, 3.63) is 63.9 Å². The Kier molecular flexibility index (Phi) is 4.61. The smallest absolute Gasteiger partial charge is 0.127 e. The first kappa shape index (κ1) is 14.1. The van der Waals surface area contributed by atoms with Crippen molar-refractivity contribution in [3.8, 4) is 0 Å². The van der Waals surface area contributed by atoms with Crippen molar-refractivity contribution in [1.29, 1.82) is 5.41 Å². The Morgan fingerprint density at radius 2 is 2.05 bits per heavy atom. The van der Waals surface area contributed by atoms with Gasteiger partial charge < -0.3 is 5.73 Å². The largest absolute Gasteiger partial charge is 0.384 e. The van der Waals surface area contributed by atoms with Crippen LogP contribution >= 0.6 is 27.7 Å². The minimum atomic E-state index is -0.324. The quantitative estimate of drug-likeness (QED) is 0.499. The van der Waals surface area contributed by atoms with E-state index < -0.39 is 0 Å². The van der Waals surface area contributed by atoms with Crippen molar-refractivity contribution in [2.45, 2.75) is 10.6 Å². The molecule has 0 saturated carbocycles. The van der Waals surface area contributed by atoms with E-state index in [0.717, 1.165) is 9.37 Å². The van der Waals surface area contributed by atoms with Gasteiger partial charge in [-0.25, -0.2) is 4.39 Å². The van der Waals surface area contributed by atoms with Gasteiger partial charge in [-0.3, -0.25) is 5.41 Å². The third-order valence-corrected chi connectivity index (χ3v) is 4.09. The van der Waals surface area contributed by atoms with E-state index in [2.05, 4.69) is 15.9 Å². The Bertz CT molecular complexity index is 616. The molecule has 0 aliphatic heterocycles. The molecular formula is C14H12BrFN2S. The zero-order chi connectivity index (χ0) is 13.8. The molecule has 98 valence electrons. The first-order valence-electron chi connectivity index (χ1n) is 5.57. The summed E-state index contributed by atoms with van der Waals surface area (Å²) in [5.74, 6) is 0.0980. The van der Waals surface area contributed by atoms with Crippen LogP contribution in [-0.2, 0) is 5.75 Å². The molecule has 0 atom stereocenters. The fourth-order valence-corrected chi connectivity index (χ4v) is 3.04. The maximum Gasteiger partial charge on any atom is 0.127 e. The second-order valence-corrected chi connectivity index (χ2v) is 5.93. The average Bonchev–Trinajstić information content (AvgIpc) is 2.37. The number of rotatable bonds is 4. The van der Waals surface area contributed by atoms with Crippen molar-refractivity contribution >= 4 is 33.5 Å². The molecule has 2 aromatic carbocycles. The highest BCUT2D eigenvalue weighted by Gasteiger charge is 2.06. The third-order valence-electron chi connectivity index (χ3n) is 2.55. The molecule has 0 aromatic heterocycles. The Balaban J connectivity index is 2.10. The lowest BCUT2D eigenvalue weighted by Crippen LogP contribution is -2.11. The highest BCUT2D eigenvalue weighted by atomic mass is 79.9. The molecule has 0 amide bonds. The summed E-state index contributed by atoms with van der Waals surface area (Å²) in [6.45, 7) is 0. The molecule has 0 unspecified atom stereocenters. The van der Waals surface area contributed by atoms with Crippen LogP contribution in [0, 0.1) is 11.2 Å². The fourth-order valence-electron chi connectivity index (χ4n) is 1.55. The van der Waals surface area contributed by atoms with Crippen LogP contribution in [0.3, 0.4) is 0 Å². The number of hydrogen-bond acceptors (Lipinski definition) is 2. The van der Waals surface area contributed by atoms with Gasteiger partial charge >= 0.3 is 0 Å². The zero-order valence-electron chi connectivity index (χ0n) is 9.99. The van der Waals surface area contributed by atoms with Gasteiger partial charge in [0.25, 0.3) is 0 Å². The lowest BCUT2D eigenvalue weighted by atomic mass is 10.1. The van der Waals surface area contributed by atoms with Crippen LogP contribution in [0.5, 0.6) is 0 Å². The van der Waals surface area contributed by atoms with E-state index in [0.29, 0.717) is 16.9 Å². The third kappa shape index (κ3) is 3.81. The summed E-state index contributed by atoms with van der Waals surface area (Å²) in [5.41, 5.74) is 6.34. The van der Waals surface area contributed by atoms with Gasteiger partial charge in [0.2, 0.25) is 0 Å². The maximum atomic E-state index is 13.8. The van der Waals surface area contributed by atoms with E-state index in [1.807, 2.05) is 24.3 Å². The number of halogens is 2. The van der Waals surface area contributed by atoms with Gasteiger partial charge in [-0.05, 0) is 29.8 Å². The van der Waals surface area contributed by atoms with Crippen LogP contribution in [0.15, 0.2) is 51.8 Å². The minimum absolute atomic E-state index is 0.120. The van der Waals surface area contributed by atoms with E-state index >= 15 is 0 Å². The summed E-state index contributed by atoms with van der Waals surface area (Å²) in [6, 6.07) is 12.5. The number of amidine groups is 1. The Morgan fingerprint density at radius 3 is 2.68 bits per heavy atom. The standard InChI is InChI=1S/C14H12BrFN2S/c15-11-2-1-3-12(7-11)19-8-10-5-4-9(14(17)18)6-13(10)16/h1-7H,8H2,(H3,17,18). The topological polar surface area (TPSA) is 49.9 Å². The van der Waals surface area contributed by atoms with Crippen LogP contribution in [-0.4, -0.2) is 5.84 Å². The SMILES string of the molecule is N=C(N)c1ccc(CSc2cccc(Br)c2)c(F)c1. The van der Waals surface area contributed by atoms with Gasteiger partial charge in [0.1, 0.15) is 11.7 Å². The van der Waals surface area contributed by atoms with E-state index in [4.69, 9.17) is 11.1 Å². The van der Waals surface area contributed by atoms with E-state index in [9.17, 15) is 4.39 Å². The molecule has 5 heteroatoms. The molecule has 19 heavy (non-hydrogen) atoms. The molecule has 0 spiro atoms. The molecule has 0 aliphatic rings. The van der Waals surface area contributed by atoms with E-state index in [1.165, 1.54) is 6.07 Å². The highest BCUT2D eigenvalue weighted by molar-refractivity contribution is 9.10. The predicted octanol–water partition coefficient (Wildman–Crippen LogP) is 4.16. The monoisotopic (exact) mass is 338 g/mol. The average molecular weight is 339 g/mol. The minimum Gasteiger partial charge on any atom is -0.384 e. The summed E-state index contributed by atoms with van der Waals surface area (Å²) >= 11 is 4.96. The number of nitrogen functional groups attached to an aromatic ring is 1. The van der Waals surface area contributed by atoms with Crippen LogP contribution in [0.2, 0.25) is 0 Å². The van der Waals surface area contributed by atoms with Gasteiger partial charge in [0, 0.05) is 20.7 Å². The van der Waals surface area contributed by atoms with Gasteiger partial charge in [0.15, 0.2) is 0 Å². The molecule has 3 N–H and O–H groups in total. The molecule has 2 rings (SSSR count).